The normalized spacial score (nSPS) is 13.1. The molecule has 0 atom stereocenters. The molecule has 0 aliphatic carbocycles. The Balaban J connectivity index is 0.659. The van der Waals surface area contributed by atoms with Crippen LogP contribution in [0.25, 0.3) is 231 Å². The van der Waals surface area contributed by atoms with Gasteiger partial charge in [-0.1, -0.05) is 303 Å². The van der Waals surface area contributed by atoms with Gasteiger partial charge in [-0.05, 0) is 157 Å². The highest BCUT2D eigenvalue weighted by Gasteiger charge is 2.50. The zero-order valence-corrected chi connectivity index (χ0v) is 75.5. The first kappa shape index (κ1) is 77.5. The molecule has 0 radical (unpaired) electrons. The number of para-hydroxylation sites is 16. The van der Waals surface area contributed by atoms with Gasteiger partial charge in [-0.25, -0.2) is 9.80 Å². The number of anilines is 2. The molecule has 0 unspecified atom stereocenters. The smallest absolute Gasteiger partial charge is 0.268 e. The topological polar surface area (TPSA) is 114 Å². The van der Waals surface area contributed by atoms with Crippen molar-refractivity contribution in [3.8, 4) is 56.6 Å². The van der Waals surface area contributed by atoms with Crippen LogP contribution in [-0.2, 0) is 0 Å². The van der Waals surface area contributed by atoms with Crippen LogP contribution in [0.3, 0.4) is 0 Å². The van der Waals surface area contributed by atoms with Crippen molar-refractivity contribution in [1.29, 1.82) is 0 Å². The average molecular weight is 1790 g/mol. The van der Waals surface area contributed by atoms with E-state index in [0.29, 0.717) is 68.0 Å². The van der Waals surface area contributed by atoms with Gasteiger partial charge in [-0.3, -0.25) is 19.2 Å². The van der Waals surface area contributed by atoms with Crippen molar-refractivity contribution in [3.05, 3.63) is 458 Å². The third-order valence-electron chi connectivity index (χ3n) is 30.1. The Hall–Kier alpha value is -18.9. The summed E-state index contributed by atoms with van der Waals surface area (Å²) in [4.78, 5) is 74.6. The summed E-state index contributed by atoms with van der Waals surface area (Å²) in [5.41, 5.74) is 23.5. The SMILES string of the molecule is Cc1cc(-c2ccc(N3C(=O)c4c(c(-n5c6ccccc6c6ccccc65)c(-n5c6ccccc6c6ccccc65)c(-n5c6ccccc6c6ccccc65)c4-n4c5ccccc5c5ccccc54)C3=O)c(C)c2)ccc1N1C(=O)c2c(c(-n3c4ccccc4c4ccccc43)c(-n3c4ccccc4c4ccccc43)c(-n3c4ccccc4c4ccccc43)c2-n2c3ccccc3c3ccccc32)C1=O. The second-order valence-electron chi connectivity index (χ2n) is 37.1. The average Bonchev–Trinajstić information content (AvgIpc) is 1.52. The lowest BCUT2D eigenvalue weighted by Crippen LogP contribution is -2.30. The van der Waals surface area contributed by atoms with Crippen molar-refractivity contribution in [2.75, 3.05) is 9.80 Å². The molecule has 0 N–H and O–H groups in total. The van der Waals surface area contributed by atoms with E-state index in [-0.39, 0.29) is 22.3 Å². The third kappa shape index (κ3) is 10.2. The first-order valence-corrected chi connectivity index (χ1v) is 47.5. The first-order valence-electron chi connectivity index (χ1n) is 47.5. The molecule has 4 amide bonds. The largest absolute Gasteiger partial charge is 0.306 e. The fourth-order valence-electron chi connectivity index (χ4n) is 24.5. The van der Waals surface area contributed by atoms with Crippen LogP contribution >= 0.6 is 0 Å². The van der Waals surface area contributed by atoms with Gasteiger partial charge in [0.15, 0.2) is 0 Å². The fraction of sp³-hybridized carbons (Fsp3) is 0.0159. The summed E-state index contributed by atoms with van der Waals surface area (Å²) in [5.74, 6) is -1.99. The van der Waals surface area contributed by atoms with E-state index in [1.165, 1.54) is 9.80 Å². The third-order valence-corrected chi connectivity index (χ3v) is 30.1. The van der Waals surface area contributed by atoms with Crippen molar-refractivity contribution in [3.63, 3.8) is 0 Å². The van der Waals surface area contributed by atoms with Gasteiger partial charge in [0.1, 0.15) is 0 Å². The van der Waals surface area contributed by atoms with Gasteiger partial charge >= 0.3 is 0 Å². The molecular formula is C126H76N10O4. The van der Waals surface area contributed by atoms with Gasteiger partial charge in [0, 0.05) is 86.2 Å². The predicted molar refractivity (Wildman–Crippen MR) is 571 cm³/mol. The number of rotatable bonds is 11. The fourth-order valence-corrected chi connectivity index (χ4v) is 24.5. The van der Waals surface area contributed by atoms with Gasteiger partial charge in [0.2, 0.25) is 0 Å². The molecule has 0 spiro atoms. The van der Waals surface area contributed by atoms with Crippen LogP contribution in [0.5, 0.6) is 0 Å². The molecule has 140 heavy (non-hydrogen) atoms. The van der Waals surface area contributed by atoms with Crippen LogP contribution in [0.2, 0.25) is 0 Å². The van der Waals surface area contributed by atoms with Crippen LogP contribution in [0.1, 0.15) is 52.6 Å². The Morgan fingerprint density at radius 2 is 0.264 bits per heavy atom. The Morgan fingerprint density at radius 3 is 0.393 bits per heavy atom. The molecule has 0 saturated heterocycles. The number of carbonyl (C=O) groups excluding carboxylic acids is 4. The van der Waals surface area contributed by atoms with Gasteiger partial charge in [-0.2, -0.15) is 0 Å². The molecule has 20 aromatic carbocycles. The maximum Gasteiger partial charge on any atom is 0.268 e. The Morgan fingerprint density at radius 1 is 0.143 bits per heavy atom. The molecule has 8 aromatic heterocycles. The molecule has 10 heterocycles. The number of fused-ring (bicyclic) bond motifs is 26. The Labute approximate surface area is 798 Å². The van der Waals surface area contributed by atoms with E-state index in [2.05, 4.69) is 425 Å². The molecule has 2 aliphatic rings. The molecule has 14 nitrogen and oxygen atoms in total. The Bertz CT molecular complexity index is 8970. The van der Waals surface area contributed by atoms with Crippen molar-refractivity contribution >= 4 is 209 Å². The van der Waals surface area contributed by atoms with Crippen LogP contribution in [0.15, 0.2) is 425 Å². The zero-order valence-electron chi connectivity index (χ0n) is 75.5. The number of aryl methyl sites for hydroxylation is 2. The van der Waals surface area contributed by atoms with Crippen LogP contribution < -0.4 is 9.80 Å². The number of aromatic nitrogens is 8. The number of imide groups is 2. The summed E-state index contributed by atoms with van der Waals surface area (Å²) in [6.07, 6.45) is 0. The molecule has 0 saturated carbocycles. The van der Waals surface area contributed by atoms with E-state index < -0.39 is 23.6 Å². The molecule has 28 aromatic rings. The van der Waals surface area contributed by atoms with Crippen molar-refractivity contribution < 1.29 is 19.2 Å². The number of hydrogen-bond donors (Lipinski definition) is 0. The lowest BCUT2D eigenvalue weighted by atomic mass is 9.98. The summed E-state index contributed by atoms with van der Waals surface area (Å²) in [5, 5.41) is 16.0. The molecule has 0 bridgehead atoms. The van der Waals surface area contributed by atoms with Crippen molar-refractivity contribution in [2.24, 2.45) is 0 Å². The standard InChI is InChI=1S/C126H76N10O4/c1-73-71-75(67-69-93(73)135-123(137)111-112(124(135)138)116(128-97-53-21-5-37-79(97)80-38-6-22-54-98(80)128)120(132-105-61-29-13-45-87(105)88-46-14-30-62-106(88)132)119(131-103-59-27-11-43-85(103)86-44-12-28-60-104(86)131)115(111)127-95-51-19-3-35-77(95)78-36-4-20-52-96(78)127)76-68-70-94(74(2)72-76)136-125(139)113-114(126(136)140)118(130-101-57-25-9-41-83(101)84-42-10-26-58-102(84)130)122(134-109-65-33-17-49-91(109)92-50-18-34-66-110(92)134)121(133-107-63-31-15-47-89(107)90-48-16-32-64-108(90)133)117(113)129-99-55-23-7-39-81(99)82-40-8-24-56-100(82)129/h3-72H,1-2H3. The number of nitrogens with zero attached hydrogens (tertiary/aromatic N) is 10. The highest BCUT2D eigenvalue weighted by atomic mass is 16.2. The minimum atomic E-state index is -0.497. The molecule has 654 valence electrons. The van der Waals surface area contributed by atoms with E-state index in [4.69, 9.17) is 0 Å². The van der Waals surface area contributed by atoms with Gasteiger partial charge in [0.05, 0.1) is 167 Å². The molecule has 2 aliphatic heterocycles. The van der Waals surface area contributed by atoms with E-state index in [1.807, 2.05) is 50.2 Å². The molecule has 0 fully saturated rings. The van der Waals surface area contributed by atoms with E-state index >= 15 is 19.2 Å². The number of carbonyl (C=O) groups is 4. The molecular weight excluding hydrogens is 1720 g/mol. The minimum absolute atomic E-state index is 0.234. The highest BCUT2D eigenvalue weighted by Crippen LogP contribution is 2.57. The molecule has 30 rings (SSSR count). The zero-order chi connectivity index (χ0) is 92.4. The summed E-state index contributed by atoms with van der Waals surface area (Å²) in [6.45, 7) is 3.95. The number of hydrogen-bond acceptors (Lipinski definition) is 4. The second kappa shape index (κ2) is 28.8. The minimum Gasteiger partial charge on any atom is -0.306 e. The van der Waals surface area contributed by atoms with E-state index in [9.17, 15) is 0 Å². The summed E-state index contributed by atoms with van der Waals surface area (Å²) >= 11 is 0. The maximum atomic E-state index is 17.9. The highest BCUT2D eigenvalue weighted by molar-refractivity contribution is 6.41. The van der Waals surface area contributed by atoms with Crippen LogP contribution in [0, 0.1) is 13.8 Å². The van der Waals surface area contributed by atoms with Gasteiger partial charge in [0.25, 0.3) is 23.6 Å². The van der Waals surface area contributed by atoms with Crippen LogP contribution in [-0.4, -0.2) is 60.2 Å². The summed E-state index contributed by atoms with van der Waals surface area (Å²) < 4.78 is 18.5. The maximum absolute atomic E-state index is 17.9. The summed E-state index contributed by atoms with van der Waals surface area (Å²) in [6, 6.07) is 147. The summed E-state index contributed by atoms with van der Waals surface area (Å²) in [7, 11) is 0. The second-order valence-corrected chi connectivity index (χ2v) is 37.1. The number of amides is 4. The Kier molecular flexibility index (Phi) is 16.0. The van der Waals surface area contributed by atoms with Crippen molar-refractivity contribution in [2.45, 2.75) is 13.8 Å². The van der Waals surface area contributed by atoms with Gasteiger partial charge in [-0.15, -0.1) is 0 Å². The number of benzene rings is 20. The quantitative estimate of drug-likeness (QED) is 0.120. The molecule has 14 heteroatoms. The van der Waals surface area contributed by atoms with Gasteiger partial charge < -0.3 is 36.5 Å². The van der Waals surface area contributed by atoms with Crippen molar-refractivity contribution in [1.82, 2.24) is 36.5 Å². The lowest BCUT2D eigenvalue weighted by Gasteiger charge is -2.28. The predicted octanol–water partition coefficient (Wildman–Crippen LogP) is 30.3. The monoisotopic (exact) mass is 1790 g/mol. The van der Waals surface area contributed by atoms with E-state index in [0.717, 1.165) is 186 Å². The van der Waals surface area contributed by atoms with E-state index in [1.54, 1.807) is 0 Å². The lowest BCUT2D eigenvalue weighted by molar-refractivity contribution is 0.0910. The first-order chi connectivity index (χ1) is 69.1. The van der Waals surface area contributed by atoms with Crippen LogP contribution in [0.4, 0.5) is 11.4 Å².